The zero-order valence-corrected chi connectivity index (χ0v) is 13.1. The van der Waals surface area contributed by atoms with E-state index in [0.29, 0.717) is 17.6 Å². The van der Waals surface area contributed by atoms with E-state index in [1.807, 2.05) is 31.2 Å². The number of halogens is 2. The third kappa shape index (κ3) is 4.29. The molecule has 3 nitrogen and oxygen atoms in total. The summed E-state index contributed by atoms with van der Waals surface area (Å²) in [5.41, 5.74) is 1.21. The van der Waals surface area contributed by atoms with Gasteiger partial charge in [-0.3, -0.25) is 4.79 Å². The zero-order valence-electron chi connectivity index (χ0n) is 11.5. The summed E-state index contributed by atoms with van der Waals surface area (Å²) in [5.74, 6) is -0.0110. The van der Waals surface area contributed by atoms with Crippen molar-refractivity contribution in [2.75, 3.05) is 6.61 Å². The van der Waals surface area contributed by atoms with Crippen molar-refractivity contribution < 1.29 is 13.9 Å². The van der Waals surface area contributed by atoms with Crippen LogP contribution in [0.5, 0.6) is 5.75 Å². The van der Waals surface area contributed by atoms with E-state index in [1.54, 1.807) is 6.07 Å². The van der Waals surface area contributed by atoms with Gasteiger partial charge >= 0.3 is 0 Å². The molecule has 0 saturated heterocycles. The molecule has 0 atom stereocenters. The van der Waals surface area contributed by atoms with Crippen LogP contribution in [0.25, 0.3) is 0 Å². The average Bonchev–Trinajstić information content (AvgIpc) is 2.48. The maximum Gasteiger partial charge on any atom is 0.251 e. The monoisotopic (exact) mass is 351 g/mol. The van der Waals surface area contributed by atoms with E-state index in [-0.39, 0.29) is 11.5 Å². The summed E-state index contributed by atoms with van der Waals surface area (Å²) in [6.45, 7) is 2.86. The van der Waals surface area contributed by atoms with Crippen molar-refractivity contribution in [2.24, 2.45) is 0 Å². The third-order valence-corrected chi connectivity index (χ3v) is 3.49. The minimum Gasteiger partial charge on any atom is -0.494 e. The molecule has 2 aromatic rings. The van der Waals surface area contributed by atoms with Gasteiger partial charge < -0.3 is 10.1 Å². The van der Waals surface area contributed by atoms with Crippen molar-refractivity contribution >= 4 is 21.8 Å². The maximum absolute atomic E-state index is 13.4. The number of carbonyl (C=O) groups is 1. The van der Waals surface area contributed by atoms with Gasteiger partial charge in [-0.15, -0.1) is 0 Å². The molecule has 21 heavy (non-hydrogen) atoms. The molecule has 0 aromatic heterocycles. The number of ether oxygens (including phenoxy) is 1. The molecule has 0 aliphatic heterocycles. The molecular formula is C16H15BrFNO2. The number of benzene rings is 2. The van der Waals surface area contributed by atoms with E-state index < -0.39 is 5.82 Å². The SMILES string of the molecule is CCOc1cccc(CNC(=O)c2ccc(Br)c(F)c2)c1. The highest BCUT2D eigenvalue weighted by Gasteiger charge is 2.08. The van der Waals surface area contributed by atoms with Gasteiger partial charge in [0.1, 0.15) is 11.6 Å². The molecule has 0 unspecified atom stereocenters. The van der Waals surface area contributed by atoms with Gasteiger partial charge in [0, 0.05) is 12.1 Å². The van der Waals surface area contributed by atoms with Gasteiger partial charge in [-0.05, 0) is 58.7 Å². The van der Waals surface area contributed by atoms with Crippen LogP contribution in [0.15, 0.2) is 46.9 Å². The molecule has 5 heteroatoms. The molecule has 0 spiro atoms. The van der Waals surface area contributed by atoms with E-state index in [2.05, 4.69) is 21.2 Å². The lowest BCUT2D eigenvalue weighted by molar-refractivity contribution is 0.0950. The molecule has 0 aliphatic rings. The largest absolute Gasteiger partial charge is 0.494 e. The van der Waals surface area contributed by atoms with Crippen LogP contribution in [-0.2, 0) is 6.54 Å². The average molecular weight is 352 g/mol. The van der Waals surface area contributed by atoms with Crippen molar-refractivity contribution in [1.82, 2.24) is 5.32 Å². The number of hydrogen-bond acceptors (Lipinski definition) is 2. The summed E-state index contributed by atoms with van der Waals surface area (Å²) < 4.78 is 19.1. The Morgan fingerprint density at radius 1 is 1.29 bits per heavy atom. The normalized spacial score (nSPS) is 10.2. The van der Waals surface area contributed by atoms with Crippen molar-refractivity contribution in [3.8, 4) is 5.75 Å². The number of hydrogen-bond donors (Lipinski definition) is 1. The Bertz CT molecular complexity index is 646. The second kappa shape index (κ2) is 7.22. The van der Waals surface area contributed by atoms with E-state index in [9.17, 15) is 9.18 Å². The van der Waals surface area contributed by atoms with Gasteiger partial charge in [-0.2, -0.15) is 0 Å². The first-order chi connectivity index (χ1) is 10.1. The Morgan fingerprint density at radius 2 is 2.10 bits per heavy atom. The molecule has 0 saturated carbocycles. The summed E-state index contributed by atoms with van der Waals surface area (Å²) in [4.78, 5) is 12.0. The lowest BCUT2D eigenvalue weighted by Gasteiger charge is -2.08. The van der Waals surface area contributed by atoms with Gasteiger partial charge in [-0.1, -0.05) is 12.1 Å². The number of amides is 1. The molecule has 0 heterocycles. The highest BCUT2D eigenvalue weighted by molar-refractivity contribution is 9.10. The predicted molar refractivity (Wildman–Crippen MR) is 82.9 cm³/mol. The van der Waals surface area contributed by atoms with Crippen LogP contribution >= 0.6 is 15.9 Å². The lowest BCUT2D eigenvalue weighted by atomic mass is 10.2. The van der Waals surface area contributed by atoms with Crippen molar-refractivity contribution in [1.29, 1.82) is 0 Å². The highest BCUT2D eigenvalue weighted by Crippen LogP contribution is 2.17. The molecule has 2 rings (SSSR count). The number of carbonyl (C=O) groups excluding carboxylic acids is 1. The van der Waals surface area contributed by atoms with E-state index >= 15 is 0 Å². The molecule has 1 amide bonds. The van der Waals surface area contributed by atoms with Crippen molar-refractivity contribution in [3.63, 3.8) is 0 Å². The summed E-state index contributed by atoms with van der Waals surface area (Å²) in [6, 6.07) is 11.8. The first-order valence-electron chi connectivity index (χ1n) is 6.55. The molecule has 0 radical (unpaired) electrons. The van der Waals surface area contributed by atoms with Gasteiger partial charge in [0.2, 0.25) is 0 Å². The van der Waals surface area contributed by atoms with E-state index in [1.165, 1.54) is 12.1 Å². The fourth-order valence-electron chi connectivity index (χ4n) is 1.83. The quantitative estimate of drug-likeness (QED) is 0.886. The van der Waals surface area contributed by atoms with Crippen LogP contribution in [0, 0.1) is 5.82 Å². The molecule has 0 fully saturated rings. The Morgan fingerprint density at radius 3 is 2.81 bits per heavy atom. The van der Waals surface area contributed by atoms with Crippen LogP contribution in [0.4, 0.5) is 4.39 Å². The Kier molecular flexibility index (Phi) is 5.33. The minimum atomic E-state index is -0.457. The fourth-order valence-corrected chi connectivity index (χ4v) is 2.08. The summed E-state index contributed by atoms with van der Waals surface area (Å²) in [7, 11) is 0. The van der Waals surface area contributed by atoms with Gasteiger partial charge in [0.15, 0.2) is 0 Å². The molecule has 0 bridgehead atoms. The van der Waals surface area contributed by atoms with E-state index in [4.69, 9.17) is 4.74 Å². The van der Waals surface area contributed by atoms with Gasteiger partial charge in [0.25, 0.3) is 5.91 Å². The Hall–Kier alpha value is -1.88. The van der Waals surface area contributed by atoms with Crippen LogP contribution < -0.4 is 10.1 Å². The van der Waals surface area contributed by atoms with Crippen LogP contribution in [0.1, 0.15) is 22.8 Å². The van der Waals surface area contributed by atoms with Crippen molar-refractivity contribution in [3.05, 3.63) is 63.9 Å². The topological polar surface area (TPSA) is 38.3 Å². The highest BCUT2D eigenvalue weighted by atomic mass is 79.9. The second-order valence-electron chi connectivity index (χ2n) is 4.39. The first-order valence-corrected chi connectivity index (χ1v) is 7.34. The maximum atomic E-state index is 13.4. The third-order valence-electron chi connectivity index (χ3n) is 2.84. The Balaban J connectivity index is 2.00. The summed E-state index contributed by atoms with van der Waals surface area (Å²) in [6.07, 6.45) is 0. The fraction of sp³-hybridized carbons (Fsp3) is 0.188. The minimum absolute atomic E-state index is 0.289. The Labute approximate surface area is 131 Å². The summed E-state index contributed by atoms with van der Waals surface area (Å²) >= 11 is 3.06. The van der Waals surface area contributed by atoms with Crippen molar-refractivity contribution in [2.45, 2.75) is 13.5 Å². The van der Waals surface area contributed by atoms with E-state index in [0.717, 1.165) is 11.3 Å². The van der Waals surface area contributed by atoms with Crippen LogP contribution in [0.3, 0.4) is 0 Å². The molecule has 110 valence electrons. The molecular weight excluding hydrogens is 337 g/mol. The number of nitrogens with one attached hydrogen (secondary N) is 1. The second-order valence-corrected chi connectivity index (χ2v) is 5.25. The van der Waals surface area contributed by atoms with Gasteiger partial charge in [-0.25, -0.2) is 4.39 Å². The van der Waals surface area contributed by atoms with Crippen LogP contribution in [0.2, 0.25) is 0 Å². The lowest BCUT2D eigenvalue weighted by Crippen LogP contribution is -2.22. The smallest absolute Gasteiger partial charge is 0.251 e. The number of rotatable bonds is 5. The standard InChI is InChI=1S/C16H15BrFNO2/c1-2-21-13-5-3-4-11(8-13)10-19-16(20)12-6-7-14(17)15(18)9-12/h3-9H,2,10H2,1H3,(H,19,20). The molecule has 0 aliphatic carbocycles. The molecule has 1 N–H and O–H groups in total. The first kappa shape index (κ1) is 15.5. The molecule has 2 aromatic carbocycles. The van der Waals surface area contributed by atoms with Crippen LogP contribution in [-0.4, -0.2) is 12.5 Å². The zero-order chi connectivity index (χ0) is 15.2. The summed E-state index contributed by atoms with van der Waals surface area (Å²) in [5, 5.41) is 2.75. The van der Waals surface area contributed by atoms with Gasteiger partial charge in [0.05, 0.1) is 11.1 Å². The predicted octanol–water partition coefficient (Wildman–Crippen LogP) is 3.92.